The van der Waals surface area contributed by atoms with Crippen molar-refractivity contribution in [2.24, 2.45) is 10.9 Å². The Kier molecular flexibility index (Phi) is 9.04. The second-order valence-corrected chi connectivity index (χ2v) is 6.68. The lowest BCUT2D eigenvalue weighted by Crippen LogP contribution is -2.44. The van der Waals surface area contributed by atoms with Crippen LogP contribution in [0.25, 0.3) is 0 Å². The van der Waals surface area contributed by atoms with E-state index in [1.165, 1.54) is 25.9 Å². The van der Waals surface area contributed by atoms with Crippen molar-refractivity contribution in [3.63, 3.8) is 0 Å². The van der Waals surface area contributed by atoms with Crippen molar-refractivity contribution in [3.05, 3.63) is 42.5 Å². The van der Waals surface area contributed by atoms with E-state index >= 15 is 0 Å². The van der Waals surface area contributed by atoms with Crippen LogP contribution >= 0.6 is 0 Å². The molecular weight excluding hydrogens is 324 g/mol. The summed E-state index contributed by atoms with van der Waals surface area (Å²) >= 11 is 0. The van der Waals surface area contributed by atoms with Crippen molar-refractivity contribution in [1.29, 1.82) is 0 Å². The molecule has 0 aliphatic carbocycles. The maximum absolute atomic E-state index is 5.72. The third-order valence-electron chi connectivity index (χ3n) is 4.69. The van der Waals surface area contributed by atoms with Crippen LogP contribution in [-0.4, -0.2) is 50.2 Å². The maximum Gasteiger partial charge on any atom is 0.191 e. The first-order valence-corrected chi connectivity index (χ1v) is 9.82. The van der Waals surface area contributed by atoms with Gasteiger partial charge < -0.3 is 20.3 Å². The highest BCUT2D eigenvalue weighted by Crippen LogP contribution is 2.19. The summed E-state index contributed by atoms with van der Waals surface area (Å²) in [6, 6.07) is 8.05. The van der Waals surface area contributed by atoms with E-state index in [-0.39, 0.29) is 0 Å². The third kappa shape index (κ3) is 6.71. The fourth-order valence-electron chi connectivity index (χ4n) is 3.28. The molecule has 1 heterocycles. The highest BCUT2D eigenvalue weighted by molar-refractivity contribution is 5.79. The molecule has 5 heteroatoms. The van der Waals surface area contributed by atoms with E-state index in [2.05, 4.69) is 42.0 Å². The Bertz CT molecular complexity index is 573. The lowest BCUT2D eigenvalue weighted by molar-refractivity contribution is 0.183. The number of hydrogen-bond donors (Lipinski definition) is 2. The molecule has 1 aromatic carbocycles. The molecule has 0 saturated carbocycles. The average Bonchev–Trinajstić information content (AvgIpc) is 2.69. The van der Waals surface area contributed by atoms with Crippen LogP contribution in [0, 0.1) is 5.92 Å². The molecule has 1 aromatic rings. The number of nitrogens with zero attached hydrogens (tertiary/aromatic N) is 2. The molecule has 1 fully saturated rings. The Hall–Kier alpha value is -2.01. The van der Waals surface area contributed by atoms with E-state index in [1.54, 1.807) is 6.08 Å². The van der Waals surface area contributed by atoms with Crippen LogP contribution in [0.3, 0.4) is 0 Å². The molecule has 1 saturated heterocycles. The molecule has 1 atom stereocenters. The summed E-state index contributed by atoms with van der Waals surface area (Å²) in [4.78, 5) is 7.29. The minimum absolute atomic E-state index is 0.509. The van der Waals surface area contributed by atoms with Crippen molar-refractivity contribution >= 4 is 5.96 Å². The number of benzene rings is 1. The molecule has 1 aliphatic heterocycles. The van der Waals surface area contributed by atoms with Gasteiger partial charge in [0, 0.05) is 25.2 Å². The molecule has 144 valence electrons. The quantitative estimate of drug-likeness (QED) is 0.405. The Labute approximate surface area is 158 Å². The van der Waals surface area contributed by atoms with Gasteiger partial charge in [-0.1, -0.05) is 37.8 Å². The SMILES string of the molecule is C=CCOc1ccccc1CN=C(NCC)NCC1CCCN(CC)C1. The smallest absolute Gasteiger partial charge is 0.191 e. The van der Waals surface area contributed by atoms with Gasteiger partial charge >= 0.3 is 0 Å². The molecule has 5 nitrogen and oxygen atoms in total. The van der Waals surface area contributed by atoms with Gasteiger partial charge in [-0.2, -0.15) is 0 Å². The maximum atomic E-state index is 5.72. The van der Waals surface area contributed by atoms with Crippen molar-refractivity contribution in [3.8, 4) is 5.75 Å². The molecule has 1 unspecified atom stereocenters. The van der Waals surface area contributed by atoms with Gasteiger partial charge in [-0.15, -0.1) is 0 Å². The van der Waals surface area contributed by atoms with Gasteiger partial charge in [0.05, 0.1) is 6.54 Å². The first kappa shape index (κ1) is 20.3. The Morgan fingerprint density at radius 3 is 2.96 bits per heavy atom. The zero-order valence-electron chi connectivity index (χ0n) is 16.3. The van der Waals surface area contributed by atoms with Crippen LogP contribution in [0.2, 0.25) is 0 Å². The minimum atomic E-state index is 0.509. The highest BCUT2D eigenvalue weighted by atomic mass is 16.5. The van der Waals surface area contributed by atoms with Gasteiger partial charge in [0.25, 0.3) is 0 Å². The lowest BCUT2D eigenvalue weighted by atomic mass is 9.98. The summed E-state index contributed by atoms with van der Waals surface area (Å²) in [6.07, 6.45) is 4.35. The zero-order valence-corrected chi connectivity index (χ0v) is 16.3. The van der Waals surface area contributed by atoms with Crippen LogP contribution in [0.5, 0.6) is 5.75 Å². The van der Waals surface area contributed by atoms with E-state index < -0.39 is 0 Å². The molecule has 0 bridgehead atoms. The number of likely N-dealkylation sites (tertiary alicyclic amines) is 1. The number of nitrogens with one attached hydrogen (secondary N) is 2. The Balaban J connectivity index is 1.93. The number of rotatable bonds is 9. The van der Waals surface area contributed by atoms with Gasteiger partial charge in [-0.05, 0) is 44.8 Å². The third-order valence-corrected chi connectivity index (χ3v) is 4.69. The molecule has 0 aromatic heterocycles. The molecule has 2 N–H and O–H groups in total. The van der Waals surface area contributed by atoms with Gasteiger partial charge in [0.1, 0.15) is 12.4 Å². The normalized spacial score (nSPS) is 18.4. The number of piperidine rings is 1. The zero-order chi connectivity index (χ0) is 18.6. The summed E-state index contributed by atoms with van der Waals surface area (Å²) in [6.45, 7) is 14.5. The number of hydrogen-bond acceptors (Lipinski definition) is 3. The van der Waals surface area contributed by atoms with Gasteiger partial charge in [0.2, 0.25) is 0 Å². The monoisotopic (exact) mass is 358 g/mol. The number of ether oxygens (including phenoxy) is 1. The van der Waals surface area contributed by atoms with E-state index in [0.29, 0.717) is 19.1 Å². The molecular formula is C21H34N4O. The molecule has 1 aliphatic rings. The highest BCUT2D eigenvalue weighted by Gasteiger charge is 2.18. The van der Waals surface area contributed by atoms with Crippen LogP contribution < -0.4 is 15.4 Å². The van der Waals surface area contributed by atoms with Crippen LogP contribution in [-0.2, 0) is 6.54 Å². The van der Waals surface area contributed by atoms with E-state index in [9.17, 15) is 0 Å². The van der Waals surface area contributed by atoms with Crippen molar-refractivity contribution < 1.29 is 4.74 Å². The first-order chi connectivity index (χ1) is 12.8. The fourth-order valence-corrected chi connectivity index (χ4v) is 3.28. The predicted molar refractivity (Wildman–Crippen MR) is 110 cm³/mol. The molecule has 0 spiro atoms. The Morgan fingerprint density at radius 1 is 1.35 bits per heavy atom. The van der Waals surface area contributed by atoms with Gasteiger partial charge in [-0.3, -0.25) is 0 Å². The summed E-state index contributed by atoms with van der Waals surface area (Å²) in [5, 5.41) is 6.87. The van der Waals surface area contributed by atoms with Crippen molar-refractivity contribution in [1.82, 2.24) is 15.5 Å². The van der Waals surface area contributed by atoms with Crippen LogP contribution in [0.1, 0.15) is 32.3 Å². The van der Waals surface area contributed by atoms with Crippen molar-refractivity contribution in [2.45, 2.75) is 33.2 Å². The number of guanidine groups is 1. The van der Waals surface area contributed by atoms with Crippen molar-refractivity contribution in [2.75, 3.05) is 39.3 Å². The average molecular weight is 359 g/mol. The summed E-state index contributed by atoms with van der Waals surface area (Å²) < 4.78 is 5.72. The van der Waals surface area contributed by atoms with Crippen LogP contribution in [0.4, 0.5) is 0 Å². The number of para-hydroxylation sites is 1. The van der Waals surface area contributed by atoms with Gasteiger partial charge in [-0.25, -0.2) is 4.99 Å². The first-order valence-electron chi connectivity index (χ1n) is 9.82. The van der Waals surface area contributed by atoms with E-state index in [1.807, 2.05) is 18.2 Å². The molecule has 0 radical (unpaired) electrons. The summed E-state index contributed by atoms with van der Waals surface area (Å²) in [7, 11) is 0. The topological polar surface area (TPSA) is 48.9 Å². The summed E-state index contributed by atoms with van der Waals surface area (Å²) in [5.74, 6) is 2.44. The molecule has 0 amide bonds. The lowest BCUT2D eigenvalue weighted by Gasteiger charge is -2.32. The molecule has 26 heavy (non-hydrogen) atoms. The van der Waals surface area contributed by atoms with E-state index in [0.717, 1.165) is 36.9 Å². The van der Waals surface area contributed by atoms with E-state index in [4.69, 9.17) is 9.73 Å². The summed E-state index contributed by atoms with van der Waals surface area (Å²) in [5.41, 5.74) is 1.08. The van der Waals surface area contributed by atoms with Crippen LogP contribution in [0.15, 0.2) is 41.9 Å². The molecule has 2 rings (SSSR count). The fraction of sp³-hybridized carbons (Fsp3) is 0.571. The second-order valence-electron chi connectivity index (χ2n) is 6.68. The number of aliphatic imine (C=N–C) groups is 1. The predicted octanol–water partition coefficient (Wildman–Crippen LogP) is 3.04. The minimum Gasteiger partial charge on any atom is -0.489 e. The van der Waals surface area contributed by atoms with Gasteiger partial charge in [0.15, 0.2) is 5.96 Å². The standard InChI is InChI=1S/C21H34N4O/c1-4-14-26-20-12-8-7-11-19(20)16-24-21(22-5-2)23-15-18-10-9-13-25(6-3)17-18/h4,7-8,11-12,18H,1,5-6,9-10,13-17H2,2-3H3,(H2,22,23,24). The second kappa shape index (κ2) is 11.6. The largest absolute Gasteiger partial charge is 0.489 e. The Morgan fingerprint density at radius 2 is 2.19 bits per heavy atom.